The van der Waals surface area contributed by atoms with Gasteiger partial charge in [0.1, 0.15) is 17.1 Å². The standard InChI is InChI=1S/C22H15ClF5N3O4S/c1-34-13-8-14(35-2)12(7-11(13)23)30-22(33)31(36)10-5-3-9(4-6-10)29-21(32)15-16(24)18(26)20(28)19(27)17(15)25/h3-8,36H,1-2H3,(H,29,32)(H,30,33). The number of nitrogens with zero attached hydrogens (tertiary/aromatic N) is 1. The lowest BCUT2D eigenvalue weighted by atomic mass is 10.1. The molecule has 3 amide bonds. The van der Waals surface area contributed by atoms with E-state index in [4.69, 9.17) is 21.1 Å². The zero-order valence-electron chi connectivity index (χ0n) is 18.3. The highest BCUT2D eigenvalue weighted by atomic mass is 35.5. The van der Waals surface area contributed by atoms with Gasteiger partial charge in [0.2, 0.25) is 5.82 Å². The van der Waals surface area contributed by atoms with Crippen molar-refractivity contribution in [3.8, 4) is 11.5 Å². The minimum absolute atomic E-state index is 0.0709. The molecule has 0 spiro atoms. The van der Waals surface area contributed by atoms with Crippen LogP contribution in [0.3, 0.4) is 0 Å². The molecular formula is C22H15ClF5N3O4S. The summed E-state index contributed by atoms with van der Waals surface area (Å²) < 4.78 is 78.8. The average Bonchev–Trinajstić information content (AvgIpc) is 2.86. The van der Waals surface area contributed by atoms with Gasteiger partial charge < -0.3 is 20.1 Å². The number of hydrogen-bond donors (Lipinski definition) is 3. The lowest BCUT2D eigenvalue weighted by Crippen LogP contribution is -2.27. The Kier molecular flexibility index (Phi) is 8.15. The van der Waals surface area contributed by atoms with Crippen LogP contribution in [0.1, 0.15) is 10.4 Å². The van der Waals surface area contributed by atoms with E-state index in [0.29, 0.717) is 5.75 Å². The van der Waals surface area contributed by atoms with Crippen LogP contribution in [-0.4, -0.2) is 26.2 Å². The molecule has 0 saturated carbocycles. The number of halogens is 6. The maximum absolute atomic E-state index is 13.8. The van der Waals surface area contributed by atoms with Crippen molar-refractivity contribution in [3.63, 3.8) is 0 Å². The number of urea groups is 1. The monoisotopic (exact) mass is 547 g/mol. The Labute approximate surface area is 211 Å². The summed E-state index contributed by atoms with van der Waals surface area (Å²) >= 11 is 10.2. The third-order valence-electron chi connectivity index (χ3n) is 4.71. The molecule has 0 atom stereocenters. The Hall–Kier alpha value is -3.71. The van der Waals surface area contributed by atoms with Crippen LogP contribution in [0.25, 0.3) is 0 Å². The fourth-order valence-corrected chi connectivity index (χ4v) is 3.35. The molecule has 0 fully saturated rings. The Balaban J connectivity index is 1.76. The summed E-state index contributed by atoms with van der Waals surface area (Å²) in [7, 11) is 2.78. The molecule has 7 nitrogen and oxygen atoms in total. The third kappa shape index (κ3) is 5.26. The first-order chi connectivity index (χ1) is 17.0. The van der Waals surface area contributed by atoms with E-state index in [0.717, 1.165) is 4.31 Å². The number of hydrogen-bond acceptors (Lipinski definition) is 5. The van der Waals surface area contributed by atoms with Crippen molar-refractivity contribution in [1.82, 2.24) is 0 Å². The lowest BCUT2D eigenvalue weighted by molar-refractivity contribution is 0.101. The van der Waals surface area contributed by atoms with Crippen LogP contribution >= 0.6 is 24.4 Å². The van der Waals surface area contributed by atoms with E-state index < -0.39 is 46.6 Å². The van der Waals surface area contributed by atoms with E-state index in [9.17, 15) is 31.5 Å². The summed E-state index contributed by atoms with van der Waals surface area (Å²) in [5, 5.41) is 4.76. The van der Waals surface area contributed by atoms with Gasteiger partial charge in [-0.25, -0.2) is 31.1 Å². The van der Waals surface area contributed by atoms with Gasteiger partial charge in [0, 0.05) is 11.8 Å². The average molecular weight is 548 g/mol. The Morgan fingerprint density at radius 3 is 1.89 bits per heavy atom. The van der Waals surface area contributed by atoms with Crippen molar-refractivity contribution in [2.24, 2.45) is 0 Å². The van der Waals surface area contributed by atoms with Gasteiger partial charge in [-0.1, -0.05) is 24.4 Å². The predicted octanol–water partition coefficient (Wildman–Crippen LogP) is 6.19. The fourth-order valence-electron chi connectivity index (χ4n) is 2.93. The molecule has 2 N–H and O–H groups in total. The molecule has 0 aliphatic carbocycles. The number of nitrogens with one attached hydrogen (secondary N) is 2. The first kappa shape index (κ1) is 26.9. The number of anilines is 3. The molecule has 3 aromatic rings. The van der Waals surface area contributed by atoms with Crippen LogP contribution in [0.4, 0.5) is 43.8 Å². The Morgan fingerprint density at radius 1 is 0.833 bits per heavy atom. The van der Waals surface area contributed by atoms with E-state index in [1.54, 1.807) is 0 Å². The van der Waals surface area contributed by atoms with Crippen molar-refractivity contribution in [2.45, 2.75) is 0 Å². The Morgan fingerprint density at radius 2 is 1.36 bits per heavy atom. The molecule has 0 radical (unpaired) electrons. The van der Waals surface area contributed by atoms with Gasteiger partial charge >= 0.3 is 6.03 Å². The maximum Gasteiger partial charge on any atom is 0.336 e. The molecular weight excluding hydrogens is 533 g/mol. The number of rotatable bonds is 6. The molecule has 0 aliphatic rings. The number of thiol groups is 1. The highest BCUT2D eigenvalue weighted by Crippen LogP contribution is 2.36. The van der Waals surface area contributed by atoms with Crippen LogP contribution in [0, 0.1) is 29.1 Å². The number of carbonyl (C=O) groups is 2. The molecule has 0 aliphatic heterocycles. The van der Waals surface area contributed by atoms with Gasteiger partial charge in [0.25, 0.3) is 5.91 Å². The highest BCUT2D eigenvalue weighted by molar-refractivity contribution is 7.82. The summed E-state index contributed by atoms with van der Waals surface area (Å²) in [5.74, 6) is -12.4. The second-order valence-corrected chi connectivity index (χ2v) is 7.68. The predicted molar refractivity (Wildman–Crippen MR) is 126 cm³/mol. The first-order valence-electron chi connectivity index (χ1n) is 9.64. The van der Waals surface area contributed by atoms with E-state index in [1.807, 2.05) is 5.32 Å². The van der Waals surface area contributed by atoms with Crippen LogP contribution < -0.4 is 24.4 Å². The van der Waals surface area contributed by atoms with E-state index in [-0.39, 0.29) is 27.8 Å². The molecule has 36 heavy (non-hydrogen) atoms. The third-order valence-corrected chi connectivity index (χ3v) is 5.42. The largest absolute Gasteiger partial charge is 0.495 e. The molecule has 3 aromatic carbocycles. The number of amides is 3. The van der Waals surface area contributed by atoms with E-state index in [1.165, 1.54) is 50.6 Å². The molecule has 0 unspecified atom stereocenters. The second-order valence-electron chi connectivity index (χ2n) is 6.87. The van der Waals surface area contributed by atoms with E-state index >= 15 is 0 Å². The fraction of sp³-hybridized carbons (Fsp3) is 0.0909. The van der Waals surface area contributed by atoms with E-state index in [2.05, 4.69) is 18.1 Å². The number of ether oxygens (including phenoxy) is 2. The lowest BCUT2D eigenvalue weighted by Gasteiger charge is -2.19. The van der Waals surface area contributed by atoms with Crippen LogP contribution in [0.15, 0.2) is 36.4 Å². The Bertz CT molecular complexity index is 1320. The molecule has 0 saturated heterocycles. The van der Waals surface area contributed by atoms with Gasteiger partial charge in [0.15, 0.2) is 23.3 Å². The van der Waals surface area contributed by atoms with Gasteiger partial charge in [-0.05, 0) is 30.3 Å². The van der Waals surface area contributed by atoms with Crippen LogP contribution in [-0.2, 0) is 0 Å². The minimum atomic E-state index is -2.38. The van der Waals surface area contributed by atoms with Crippen LogP contribution in [0.5, 0.6) is 11.5 Å². The van der Waals surface area contributed by atoms with Crippen molar-refractivity contribution < 1.29 is 41.0 Å². The molecule has 0 bridgehead atoms. The molecule has 0 aromatic heterocycles. The topological polar surface area (TPSA) is 79.9 Å². The summed E-state index contributed by atoms with van der Waals surface area (Å²) in [5.41, 5.74) is -1.32. The van der Waals surface area contributed by atoms with Crippen molar-refractivity contribution in [2.75, 3.05) is 29.2 Å². The second kappa shape index (κ2) is 10.9. The quantitative estimate of drug-likeness (QED) is 0.149. The SMILES string of the molecule is COc1cc(OC)c(NC(=O)N(S)c2ccc(NC(=O)c3c(F)c(F)c(F)c(F)c3F)cc2)cc1Cl. The molecule has 190 valence electrons. The van der Waals surface area contributed by atoms with Gasteiger partial charge in [-0.2, -0.15) is 0 Å². The normalized spacial score (nSPS) is 10.6. The molecule has 0 heterocycles. The summed E-state index contributed by atoms with van der Waals surface area (Å²) in [6, 6.07) is 7.12. The summed E-state index contributed by atoms with van der Waals surface area (Å²) in [4.78, 5) is 24.8. The summed E-state index contributed by atoms with van der Waals surface area (Å²) in [6.07, 6.45) is 0. The maximum atomic E-state index is 13.8. The highest BCUT2D eigenvalue weighted by Gasteiger charge is 2.29. The number of benzene rings is 3. The van der Waals surface area contributed by atoms with Crippen LogP contribution in [0.2, 0.25) is 5.02 Å². The van der Waals surface area contributed by atoms with Gasteiger partial charge in [-0.15, -0.1) is 0 Å². The van der Waals surface area contributed by atoms with Gasteiger partial charge in [-0.3, -0.25) is 4.79 Å². The van der Waals surface area contributed by atoms with Crippen molar-refractivity contribution in [3.05, 3.63) is 76.1 Å². The zero-order valence-corrected chi connectivity index (χ0v) is 19.9. The zero-order chi connectivity index (χ0) is 26.7. The molecule has 14 heteroatoms. The minimum Gasteiger partial charge on any atom is -0.495 e. The smallest absolute Gasteiger partial charge is 0.336 e. The summed E-state index contributed by atoms with van der Waals surface area (Å²) in [6.45, 7) is 0. The van der Waals surface area contributed by atoms with Gasteiger partial charge in [0.05, 0.1) is 30.6 Å². The van der Waals surface area contributed by atoms with Crippen molar-refractivity contribution >= 4 is 53.4 Å². The first-order valence-corrected chi connectivity index (χ1v) is 10.4. The molecule has 3 rings (SSSR count). The van der Waals surface area contributed by atoms with Crippen molar-refractivity contribution in [1.29, 1.82) is 0 Å². The number of methoxy groups -OCH3 is 2. The number of carbonyl (C=O) groups excluding carboxylic acids is 2.